The number of ketones is 1. The van der Waals surface area contributed by atoms with Crippen LogP contribution in [-0.4, -0.2) is 77.1 Å². The number of Topliss-reactive ketones (excluding diaryl/α,β-unsaturated/α-hetero) is 1. The van der Waals surface area contributed by atoms with Gasteiger partial charge in [0.1, 0.15) is 18.2 Å². The molecule has 13 heteroatoms. The molecular formula is C42H57NO12. The van der Waals surface area contributed by atoms with E-state index in [0.29, 0.717) is 43.4 Å². The number of ether oxygens (including phenoxy) is 4. The fourth-order valence-corrected chi connectivity index (χ4v) is 8.15. The highest BCUT2D eigenvalue weighted by atomic mass is 16.7. The second-order valence-corrected chi connectivity index (χ2v) is 14.5. The van der Waals surface area contributed by atoms with Gasteiger partial charge in [-0.15, -0.1) is 0 Å². The number of carboxylic acids is 2. The lowest BCUT2D eigenvalue weighted by Crippen LogP contribution is -2.68. The van der Waals surface area contributed by atoms with Crippen molar-refractivity contribution in [2.45, 2.75) is 112 Å². The first kappa shape index (κ1) is 46.2. The molecule has 7 unspecified atom stereocenters. The topological polar surface area (TPSA) is 192 Å². The van der Waals surface area contributed by atoms with Gasteiger partial charge in [-0.05, 0) is 69.2 Å². The first-order chi connectivity index (χ1) is 25.9. The van der Waals surface area contributed by atoms with E-state index < -0.39 is 52.6 Å². The number of hydrogen-bond acceptors (Lipinski definition) is 11. The molecule has 2 saturated carbocycles. The number of nitroso groups, excluding NO2 is 1. The monoisotopic (exact) mass is 767 g/mol. The average Bonchev–Trinajstić information content (AvgIpc) is 3.12. The molecule has 7 atom stereocenters. The van der Waals surface area contributed by atoms with Gasteiger partial charge >= 0.3 is 18.1 Å². The minimum Gasteiger partial charge on any atom is -0.481 e. The Morgan fingerprint density at radius 3 is 2.15 bits per heavy atom. The van der Waals surface area contributed by atoms with Crippen LogP contribution in [0, 0.1) is 27.6 Å². The average molecular weight is 768 g/mol. The highest BCUT2D eigenvalue weighted by molar-refractivity contribution is 5.95. The van der Waals surface area contributed by atoms with Gasteiger partial charge in [0.2, 0.25) is 0 Å². The maximum atomic E-state index is 14.7. The first-order valence-corrected chi connectivity index (χ1v) is 18.5. The largest absolute Gasteiger partial charge is 0.508 e. The quantitative estimate of drug-likeness (QED) is 0.111. The van der Waals surface area contributed by atoms with Crippen molar-refractivity contribution in [3.8, 4) is 0 Å². The van der Waals surface area contributed by atoms with Gasteiger partial charge in [-0.1, -0.05) is 87.5 Å². The van der Waals surface area contributed by atoms with Crippen LogP contribution in [0.2, 0.25) is 0 Å². The van der Waals surface area contributed by atoms with Crippen LogP contribution in [-0.2, 0) is 33.3 Å². The lowest BCUT2D eigenvalue weighted by atomic mass is 9.46. The molecular weight excluding hydrogens is 710 g/mol. The van der Waals surface area contributed by atoms with Gasteiger partial charge in [-0.3, -0.25) is 14.4 Å². The van der Waals surface area contributed by atoms with E-state index in [0.717, 1.165) is 18.1 Å². The van der Waals surface area contributed by atoms with E-state index in [4.69, 9.17) is 34.0 Å². The van der Waals surface area contributed by atoms with Crippen molar-refractivity contribution < 1.29 is 53.1 Å². The van der Waals surface area contributed by atoms with E-state index >= 15 is 0 Å². The van der Waals surface area contributed by atoms with Gasteiger partial charge in [0, 0.05) is 31.6 Å². The zero-order valence-corrected chi connectivity index (χ0v) is 33.5. The van der Waals surface area contributed by atoms with E-state index in [9.17, 15) is 24.1 Å². The number of carbonyl (C=O) groups is 5. The Bertz CT molecular complexity index is 1660. The van der Waals surface area contributed by atoms with Crippen molar-refractivity contribution in [2.24, 2.45) is 27.8 Å². The van der Waals surface area contributed by atoms with E-state index in [1.807, 2.05) is 47.6 Å². The molecule has 4 aliphatic rings. The molecule has 1 aromatic carbocycles. The van der Waals surface area contributed by atoms with Gasteiger partial charge in [-0.2, -0.15) is 4.91 Å². The van der Waals surface area contributed by atoms with Crippen LogP contribution in [0.5, 0.6) is 0 Å². The highest BCUT2D eigenvalue weighted by Crippen LogP contribution is 2.63. The number of fused-ring (bicyclic) bond motifs is 5. The lowest BCUT2D eigenvalue weighted by molar-refractivity contribution is -0.233. The van der Waals surface area contributed by atoms with E-state index in [1.165, 1.54) is 6.92 Å². The summed E-state index contributed by atoms with van der Waals surface area (Å²) in [4.78, 5) is 72.0. The fraction of sp³-hybridized carbons (Fsp3) is 0.548. The predicted octanol–water partition coefficient (Wildman–Crippen LogP) is 8.29. The SMILES string of the molecule is C=C/C=C(\C=C/C)COC(=O)OC1CC2OCC2C2CC3(N=O)CCC(C)=C(C(OC(C)=O)C(=O)C12C)C3(C)C.CC.CC(=O)O.O=C(O)c1ccccc1. The van der Waals surface area contributed by atoms with E-state index in [1.54, 1.807) is 55.5 Å². The van der Waals surface area contributed by atoms with Crippen molar-refractivity contribution in [1.82, 2.24) is 0 Å². The van der Waals surface area contributed by atoms with Gasteiger partial charge in [-0.25, -0.2) is 9.59 Å². The molecule has 0 spiro atoms. The second kappa shape index (κ2) is 20.1. The molecule has 1 heterocycles. The van der Waals surface area contributed by atoms with Crippen molar-refractivity contribution in [3.05, 3.63) is 88.4 Å². The standard InChI is InChI=1S/C31H41NO8.C7H6O2.C2H4O2.C2H6/c1-8-10-20(11-9-2)16-38-28(35)40-24-14-23-21(17-37-23)22-15-31(32-36)13-12-18(3)25(29(31,5)6)26(39-19(4)33)27(34)30(22,24)7;8-7(9)6-4-2-1-3-5-6;1-2(3)4;1-2/h8-11,21-24,26H,1,12-17H2,2-7H3;1-5H,(H,8,9);1H3,(H,3,4);1-2H3/b11-9-,20-10+;;;. The highest BCUT2D eigenvalue weighted by Gasteiger charge is 2.68. The molecule has 1 aromatic rings. The van der Waals surface area contributed by atoms with Gasteiger partial charge in [0.15, 0.2) is 11.9 Å². The summed E-state index contributed by atoms with van der Waals surface area (Å²) >= 11 is 0. The summed E-state index contributed by atoms with van der Waals surface area (Å²) in [7, 11) is 0. The van der Waals surface area contributed by atoms with E-state index in [2.05, 4.69) is 11.8 Å². The number of nitrogens with zero attached hydrogens (tertiary/aromatic N) is 1. The molecule has 1 saturated heterocycles. The molecule has 2 N–H and O–H groups in total. The molecule has 0 amide bonds. The van der Waals surface area contributed by atoms with Gasteiger partial charge < -0.3 is 29.2 Å². The van der Waals surface area contributed by atoms with Gasteiger partial charge in [0.05, 0.1) is 23.7 Å². The summed E-state index contributed by atoms with van der Waals surface area (Å²) in [6.45, 7) is 19.8. The van der Waals surface area contributed by atoms with Crippen LogP contribution in [0.25, 0.3) is 0 Å². The van der Waals surface area contributed by atoms with Crippen LogP contribution in [0.15, 0.2) is 83.1 Å². The predicted molar refractivity (Wildman–Crippen MR) is 206 cm³/mol. The number of carboxylic acid groups (broad SMARTS) is 2. The fourth-order valence-electron chi connectivity index (χ4n) is 8.15. The number of esters is 1. The van der Waals surface area contributed by atoms with Crippen LogP contribution in [0.4, 0.5) is 4.79 Å². The molecule has 3 aliphatic carbocycles. The number of aliphatic carboxylic acids is 1. The third-order valence-corrected chi connectivity index (χ3v) is 11.0. The third-order valence-electron chi connectivity index (χ3n) is 11.0. The smallest absolute Gasteiger partial charge is 0.481 e. The first-order valence-electron chi connectivity index (χ1n) is 18.5. The molecule has 5 rings (SSSR count). The Labute approximate surface area is 323 Å². The summed E-state index contributed by atoms with van der Waals surface area (Å²) in [6.07, 6.45) is 5.35. The Hall–Kier alpha value is -4.91. The Balaban J connectivity index is 0.000000586. The molecule has 1 aliphatic heterocycles. The second-order valence-electron chi connectivity index (χ2n) is 14.5. The van der Waals surface area contributed by atoms with Crippen molar-refractivity contribution >= 4 is 29.8 Å². The number of carbonyl (C=O) groups excluding carboxylic acids is 3. The number of hydrogen-bond donors (Lipinski definition) is 2. The minimum absolute atomic E-state index is 0.0254. The molecule has 13 nitrogen and oxygen atoms in total. The third kappa shape index (κ3) is 10.4. The normalized spacial score (nSPS) is 28.8. The molecule has 0 radical (unpaired) electrons. The van der Waals surface area contributed by atoms with Crippen LogP contribution in [0.1, 0.15) is 98.4 Å². The van der Waals surface area contributed by atoms with Gasteiger partial charge in [0.25, 0.3) is 5.97 Å². The molecule has 302 valence electrons. The van der Waals surface area contributed by atoms with Crippen LogP contribution in [0.3, 0.4) is 0 Å². The summed E-state index contributed by atoms with van der Waals surface area (Å²) in [5.74, 6) is -3.06. The number of aromatic carboxylic acids is 1. The summed E-state index contributed by atoms with van der Waals surface area (Å²) < 4.78 is 23.0. The molecule has 0 aromatic heterocycles. The number of allylic oxidation sites excluding steroid dienone is 4. The maximum absolute atomic E-state index is 14.7. The number of benzene rings is 1. The Morgan fingerprint density at radius 1 is 1.05 bits per heavy atom. The van der Waals surface area contributed by atoms with Crippen molar-refractivity contribution in [2.75, 3.05) is 13.2 Å². The van der Waals surface area contributed by atoms with E-state index in [-0.39, 0.29) is 30.3 Å². The minimum atomic E-state index is -1.28. The maximum Gasteiger partial charge on any atom is 0.508 e. The molecule has 3 fully saturated rings. The number of rotatable bonds is 8. The molecule has 2 bridgehead atoms. The van der Waals surface area contributed by atoms with Crippen molar-refractivity contribution in [1.29, 1.82) is 0 Å². The zero-order valence-electron chi connectivity index (χ0n) is 33.5. The van der Waals surface area contributed by atoms with Crippen LogP contribution >= 0.6 is 0 Å². The molecule has 55 heavy (non-hydrogen) atoms. The van der Waals surface area contributed by atoms with Crippen molar-refractivity contribution in [3.63, 3.8) is 0 Å². The summed E-state index contributed by atoms with van der Waals surface area (Å²) in [5.41, 5.74) is -0.558. The Kier molecular flexibility index (Phi) is 16.9. The summed E-state index contributed by atoms with van der Waals surface area (Å²) in [6, 6.07) is 8.30. The zero-order chi connectivity index (χ0) is 41.7. The Morgan fingerprint density at radius 2 is 1.67 bits per heavy atom. The lowest BCUT2D eigenvalue weighted by Gasteiger charge is -2.61. The summed E-state index contributed by atoms with van der Waals surface area (Å²) in [5, 5.41) is 19.6. The van der Waals surface area contributed by atoms with Crippen LogP contribution < -0.4 is 0 Å².